The molecular weight excluding hydrogens is 470 g/mol. The Balaban J connectivity index is 1.96. The molecule has 1 aliphatic rings. The highest BCUT2D eigenvalue weighted by molar-refractivity contribution is 7.07. The number of methoxy groups -OCH3 is 1. The highest BCUT2D eigenvalue weighted by atomic mass is 32.1. The molecule has 4 rings (SSSR count). The monoisotopic (exact) mass is 493 g/mol. The van der Waals surface area contributed by atoms with E-state index in [0.717, 1.165) is 5.56 Å². The Labute approximate surface area is 204 Å². The van der Waals surface area contributed by atoms with Gasteiger partial charge < -0.3 is 9.47 Å². The smallest absolute Gasteiger partial charge is 0.338 e. The number of aryl methyl sites for hydroxylation is 1. The summed E-state index contributed by atoms with van der Waals surface area (Å²) < 4.78 is 12.3. The van der Waals surface area contributed by atoms with E-state index >= 15 is 0 Å². The summed E-state index contributed by atoms with van der Waals surface area (Å²) in [5, 5.41) is 11.6. The Kier molecular flexibility index (Phi) is 6.65. The average Bonchev–Trinajstić information content (AvgIpc) is 3.13. The Morgan fingerprint density at radius 3 is 2.57 bits per heavy atom. The third kappa shape index (κ3) is 4.52. The summed E-state index contributed by atoms with van der Waals surface area (Å²) in [6, 6.07) is 11.0. The Bertz CT molecular complexity index is 1530. The summed E-state index contributed by atoms with van der Waals surface area (Å²) in [5.74, 6) is 0.0747. The maximum absolute atomic E-state index is 13.6. The van der Waals surface area contributed by atoms with Gasteiger partial charge >= 0.3 is 5.97 Å². The van der Waals surface area contributed by atoms with E-state index in [1.807, 2.05) is 12.1 Å². The molecule has 180 valence electrons. The fourth-order valence-corrected chi connectivity index (χ4v) is 5.00. The number of carbonyl (C=O) groups is 1. The van der Waals surface area contributed by atoms with Crippen LogP contribution >= 0.6 is 11.3 Å². The lowest BCUT2D eigenvalue weighted by atomic mass is 9.94. The normalized spacial score (nSPS) is 15.4. The minimum atomic E-state index is -0.914. The zero-order chi connectivity index (χ0) is 25.3. The van der Waals surface area contributed by atoms with E-state index in [1.54, 1.807) is 58.2 Å². The molecule has 0 amide bonds. The van der Waals surface area contributed by atoms with Gasteiger partial charge in [-0.2, -0.15) is 0 Å². The zero-order valence-corrected chi connectivity index (χ0v) is 20.4. The second-order valence-corrected chi connectivity index (χ2v) is 8.89. The maximum atomic E-state index is 13.6. The topological polar surface area (TPSA) is 113 Å². The number of rotatable bonds is 6. The van der Waals surface area contributed by atoms with Crippen LogP contribution in [-0.4, -0.2) is 29.2 Å². The van der Waals surface area contributed by atoms with Crippen LogP contribution in [0.5, 0.6) is 5.75 Å². The zero-order valence-electron chi connectivity index (χ0n) is 19.6. The average molecular weight is 494 g/mol. The van der Waals surface area contributed by atoms with Crippen molar-refractivity contribution in [1.82, 2.24) is 4.57 Å². The standard InChI is InChI=1S/C25H23N3O6S/c1-5-34-24(30)21-15(3)26-25-27(22(21)17-9-6-14(2)19(13-17)28(31)32)23(29)20(35-25)12-16-7-10-18(33-4)11-8-16/h6-13,22H,5H2,1-4H3/b20-12+/t22-/m0/s1. The molecule has 0 spiro atoms. The Morgan fingerprint density at radius 1 is 1.23 bits per heavy atom. The fraction of sp³-hybridized carbons (Fsp3) is 0.240. The molecule has 0 radical (unpaired) electrons. The van der Waals surface area contributed by atoms with Crippen molar-refractivity contribution in [3.05, 3.63) is 100 Å². The van der Waals surface area contributed by atoms with Gasteiger partial charge in [0.2, 0.25) is 0 Å². The van der Waals surface area contributed by atoms with Gasteiger partial charge in [0.15, 0.2) is 4.80 Å². The highest BCUT2D eigenvalue weighted by Crippen LogP contribution is 2.33. The largest absolute Gasteiger partial charge is 0.497 e. The first-order valence-electron chi connectivity index (χ1n) is 10.8. The Morgan fingerprint density at radius 2 is 1.94 bits per heavy atom. The number of fused-ring (bicyclic) bond motifs is 1. The predicted molar refractivity (Wildman–Crippen MR) is 131 cm³/mol. The molecule has 2 aromatic carbocycles. The first-order chi connectivity index (χ1) is 16.7. The molecule has 0 aliphatic carbocycles. The number of hydrogen-bond donors (Lipinski definition) is 0. The summed E-state index contributed by atoms with van der Waals surface area (Å²) in [5.41, 5.74) is 1.82. The van der Waals surface area contributed by atoms with E-state index in [1.165, 1.54) is 22.0 Å². The highest BCUT2D eigenvalue weighted by Gasteiger charge is 2.34. The first-order valence-corrected chi connectivity index (χ1v) is 11.7. The predicted octanol–water partition coefficient (Wildman–Crippen LogP) is 3.02. The number of benzene rings is 2. The SMILES string of the molecule is CCOC(=O)C1=C(C)N=c2s/c(=C/c3ccc(OC)cc3)c(=O)n2[C@H]1c1ccc(C)c([N+](=O)[O-])c1. The molecule has 0 N–H and O–H groups in total. The van der Waals surface area contributed by atoms with Crippen molar-refractivity contribution in [1.29, 1.82) is 0 Å². The van der Waals surface area contributed by atoms with Gasteiger partial charge in [-0.25, -0.2) is 9.79 Å². The van der Waals surface area contributed by atoms with Crippen LogP contribution in [0.3, 0.4) is 0 Å². The van der Waals surface area contributed by atoms with E-state index in [9.17, 15) is 19.7 Å². The number of thiazole rings is 1. The number of nitro benzene ring substituents is 1. The number of esters is 1. The first kappa shape index (κ1) is 24.1. The minimum Gasteiger partial charge on any atom is -0.497 e. The van der Waals surface area contributed by atoms with Crippen molar-refractivity contribution < 1.29 is 19.2 Å². The second kappa shape index (κ2) is 9.67. The van der Waals surface area contributed by atoms with Gasteiger partial charge in [-0.3, -0.25) is 19.5 Å². The molecule has 1 atom stereocenters. The lowest BCUT2D eigenvalue weighted by molar-refractivity contribution is -0.385. The van der Waals surface area contributed by atoms with E-state index in [-0.39, 0.29) is 23.4 Å². The molecule has 10 heteroatoms. The van der Waals surface area contributed by atoms with Gasteiger partial charge in [0, 0.05) is 11.6 Å². The summed E-state index contributed by atoms with van der Waals surface area (Å²) in [6.45, 7) is 5.12. The van der Waals surface area contributed by atoms with E-state index in [0.29, 0.717) is 31.9 Å². The van der Waals surface area contributed by atoms with Crippen LogP contribution in [0.25, 0.3) is 6.08 Å². The number of hydrogen-bond acceptors (Lipinski definition) is 8. The molecular formula is C25H23N3O6S. The van der Waals surface area contributed by atoms with Crippen LogP contribution in [0.2, 0.25) is 0 Å². The van der Waals surface area contributed by atoms with E-state index < -0.39 is 16.9 Å². The van der Waals surface area contributed by atoms with Crippen LogP contribution in [0.4, 0.5) is 5.69 Å². The quantitative estimate of drug-likeness (QED) is 0.296. The van der Waals surface area contributed by atoms with Crippen molar-refractivity contribution in [2.24, 2.45) is 4.99 Å². The van der Waals surface area contributed by atoms with Crippen molar-refractivity contribution in [3.63, 3.8) is 0 Å². The molecule has 1 aromatic heterocycles. The number of aromatic nitrogens is 1. The van der Waals surface area contributed by atoms with E-state index in [4.69, 9.17) is 9.47 Å². The van der Waals surface area contributed by atoms with E-state index in [2.05, 4.69) is 4.99 Å². The van der Waals surface area contributed by atoms with Crippen molar-refractivity contribution in [3.8, 4) is 5.75 Å². The third-order valence-electron chi connectivity index (χ3n) is 5.68. The molecule has 9 nitrogen and oxygen atoms in total. The summed E-state index contributed by atoms with van der Waals surface area (Å²) >= 11 is 1.19. The van der Waals surface area contributed by atoms with Gasteiger partial charge in [-0.15, -0.1) is 0 Å². The maximum Gasteiger partial charge on any atom is 0.338 e. The molecule has 0 saturated heterocycles. The molecule has 0 fully saturated rings. The molecule has 1 aliphatic heterocycles. The third-order valence-corrected chi connectivity index (χ3v) is 6.66. The number of nitro groups is 1. The lowest BCUT2D eigenvalue weighted by Gasteiger charge is -2.24. The van der Waals surface area contributed by atoms with Gasteiger partial charge in [0.05, 0.1) is 40.5 Å². The molecule has 2 heterocycles. The lowest BCUT2D eigenvalue weighted by Crippen LogP contribution is -2.40. The van der Waals surface area contributed by atoms with Crippen LogP contribution in [0.15, 0.2) is 63.5 Å². The van der Waals surface area contributed by atoms with Crippen LogP contribution in [-0.2, 0) is 9.53 Å². The Hall–Kier alpha value is -4.05. The van der Waals surface area contributed by atoms with Gasteiger partial charge in [0.25, 0.3) is 11.2 Å². The second-order valence-electron chi connectivity index (χ2n) is 7.88. The number of carbonyl (C=O) groups excluding carboxylic acids is 1. The molecule has 0 unspecified atom stereocenters. The van der Waals surface area contributed by atoms with Crippen LogP contribution in [0, 0.1) is 17.0 Å². The number of allylic oxidation sites excluding steroid dienone is 1. The number of nitrogens with zero attached hydrogens (tertiary/aromatic N) is 3. The molecule has 3 aromatic rings. The van der Waals surface area contributed by atoms with Crippen LogP contribution < -0.4 is 19.6 Å². The summed E-state index contributed by atoms with van der Waals surface area (Å²) in [7, 11) is 1.58. The van der Waals surface area contributed by atoms with Crippen molar-refractivity contribution in [2.45, 2.75) is 26.8 Å². The van der Waals surface area contributed by atoms with Gasteiger partial charge in [-0.05, 0) is 50.1 Å². The van der Waals surface area contributed by atoms with Crippen LogP contribution in [0.1, 0.15) is 36.6 Å². The molecule has 0 bridgehead atoms. The fourth-order valence-electron chi connectivity index (χ4n) is 3.95. The summed E-state index contributed by atoms with van der Waals surface area (Å²) in [6.07, 6.45) is 1.74. The van der Waals surface area contributed by atoms with Gasteiger partial charge in [-0.1, -0.05) is 35.6 Å². The molecule has 35 heavy (non-hydrogen) atoms. The van der Waals surface area contributed by atoms with Crippen molar-refractivity contribution in [2.75, 3.05) is 13.7 Å². The number of ether oxygens (including phenoxy) is 2. The van der Waals surface area contributed by atoms with Crippen molar-refractivity contribution >= 4 is 29.1 Å². The molecule has 0 saturated carbocycles. The van der Waals surface area contributed by atoms with Gasteiger partial charge in [0.1, 0.15) is 5.75 Å². The minimum absolute atomic E-state index is 0.0966. The summed E-state index contributed by atoms with van der Waals surface area (Å²) in [4.78, 5) is 42.6.